The summed E-state index contributed by atoms with van der Waals surface area (Å²) in [6.45, 7) is 1.39. The highest BCUT2D eigenvalue weighted by atomic mass is 35.5. The van der Waals surface area contributed by atoms with Crippen molar-refractivity contribution in [3.8, 4) is 0 Å². The van der Waals surface area contributed by atoms with Gasteiger partial charge in [0, 0.05) is 24.0 Å². The molecule has 0 radical (unpaired) electrons. The lowest BCUT2D eigenvalue weighted by Gasteiger charge is -2.34. The number of amides is 2. The minimum Gasteiger partial charge on any atom is -0.352 e. The third-order valence-electron chi connectivity index (χ3n) is 8.21. The number of carbonyl (C=O) groups excluding carboxylic acids is 2. The van der Waals surface area contributed by atoms with Crippen molar-refractivity contribution in [1.29, 1.82) is 0 Å². The zero-order chi connectivity index (χ0) is 31.8. The summed E-state index contributed by atoms with van der Waals surface area (Å²) in [5, 5.41) is 3.69. The van der Waals surface area contributed by atoms with Gasteiger partial charge in [-0.05, 0) is 66.8 Å². The molecule has 0 saturated heterocycles. The predicted molar refractivity (Wildman–Crippen MR) is 178 cm³/mol. The van der Waals surface area contributed by atoms with Gasteiger partial charge in [-0.2, -0.15) is 0 Å². The first-order valence-corrected chi connectivity index (χ1v) is 17.1. The minimum atomic E-state index is -4.14. The van der Waals surface area contributed by atoms with Crippen molar-refractivity contribution < 1.29 is 18.0 Å². The van der Waals surface area contributed by atoms with Crippen LogP contribution < -0.4 is 9.62 Å². The number of para-hydroxylation sites is 1. The van der Waals surface area contributed by atoms with Crippen LogP contribution in [0.25, 0.3) is 0 Å². The molecule has 0 aliphatic heterocycles. The largest absolute Gasteiger partial charge is 0.352 e. The second-order valence-electron chi connectivity index (χ2n) is 11.5. The van der Waals surface area contributed by atoms with E-state index in [-0.39, 0.29) is 29.8 Å². The molecular formula is C36H38ClN3O4S. The van der Waals surface area contributed by atoms with Gasteiger partial charge in [-0.15, -0.1) is 0 Å². The molecular weight excluding hydrogens is 606 g/mol. The van der Waals surface area contributed by atoms with Gasteiger partial charge in [-0.25, -0.2) is 8.42 Å². The number of nitrogens with zero attached hydrogens (tertiary/aromatic N) is 2. The number of benzene rings is 4. The summed E-state index contributed by atoms with van der Waals surface area (Å²) < 4.78 is 29.4. The van der Waals surface area contributed by atoms with Gasteiger partial charge in [-0.3, -0.25) is 13.9 Å². The second-order valence-corrected chi connectivity index (χ2v) is 13.8. The summed E-state index contributed by atoms with van der Waals surface area (Å²) in [4.78, 5) is 30.2. The summed E-state index contributed by atoms with van der Waals surface area (Å²) in [7, 11) is -4.14. The molecule has 5 rings (SSSR count). The van der Waals surface area contributed by atoms with Crippen molar-refractivity contribution in [2.24, 2.45) is 0 Å². The molecule has 1 fully saturated rings. The first-order chi connectivity index (χ1) is 21.7. The lowest BCUT2D eigenvalue weighted by molar-refractivity contribution is -0.140. The molecule has 1 aliphatic carbocycles. The van der Waals surface area contributed by atoms with E-state index in [9.17, 15) is 18.0 Å². The Morgan fingerprint density at radius 3 is 2.13 bits per heavy atom. The van der Waals surface area contributed by atoms with E-state index in [4.69, 9.17) is 11.6 Å². The first-order valence-electron chi connectivity index (χ1n) is 15.2. The van der Waals surface area contributed by atoms with E-state index < -0.39 is 28.5 Å². The summed E-state index contributed by atoms with van der Waals surface area (Å²) in [5.41, 5.74) is 2.72. The summed E-state index contributed by atoms with van der Waals surface area (Å²) in [6.07, 6.45) is 4.14. The third kappa shape index (κ3) is 8.12. The smallest absolute Gasteiger partial charge is 0.264 e. The molecule has 1 N–H and O–H groups in total. The number of sulfonamides is 1. The molecule has 0 heterocycles. The molecule has 45 heavy (non-hydrogen) atoms. The topological polar surface area (TPSA) is 86.8 Å². The SMILES string of the molecule is Cc1ccccc1N(CC(=O)N(Cc1cccc(Cl)c1)C(Cc1ccccc1)C(=O)NC1CCCC1)S(=O)(=O)c1ccccc1. The highest BCUT2D eigenvalue weighted by Gasteiger charge is 2.35. The Morgan fingerprint density at radius 2 is 1.47 bits per heavy atom. The van der Waals surface area contributed by atoms with E-state index in [1.807, 2.05) is 55.5 Å². The molecule has 1 unspecified atom stereocenters. The van der Waals surface area contributed by atoms with Crippen LogP contribution in [0.5, 0.6) is 0 Å². The Morgan fingerprint density at radius 1 is 0.844 bits per heavy atom. The Bertz CT molecular complexity index is 1710. The number of hydrogen-bond acceptors (Lipinski definition) is 4. The van der Waals surface area contributed by atoms with Crippen LogP contribution >= 0.6 is 11.6 Å². The Balaban J connectivity index is 1.57. The highest BCUT2D eigenvalue weighted by Crippen LogP contribution is 2.28. The third-order valence-corrected chi connectivity index (χ3v) is 10.2. The fourth-order valence-electron chi connectivity index (χ4n) is 5.83. The Hall–Kier alpha value is -4.14. The maximum atomic E-state index is 14.6. The molecule has 7 nitrogen and oxygen atoms in total. The van der Waals surface area contributed by atoms with E-state index in [0.717, 1.165) is 41.1 Å². The number of rotatable bonds is 12. The summed E-state index contributed by atoms with van der Waals surface area (Å²) in [5.74, 6) is -0.755. The van der Waals surface area contributed by atoms with Gasteiger partial charge in [0.25, 0.3) is 10.0 Å². The lowest BCUT2D eigenvalue weighted by atomic mass is 10.0. The zero-order valence-corrected chi connectivity index (χ0v) is 26.9. The highest BCUT2D eigenvalue weighted by molar-refractivity contribution is 7.92. The van der Waals surface area contributed by atoms with Gasteiger partial charge in [0.15, 0.2) is 0 Å². The lowest BCUT2D eigenvalue weighted by Crippen LogP contribution is -2.54. The number of anilines is 1. The van der Waals surface area contributed by atoms with E-state index in [2.05, 4.69) is 5.32 Å². The van der Waals surface area contributed by atoms with Crippen molar-refractivity contribution in [2.75, 3.05) is 10.8 Å². The maximum Gasteiger partial charge on any atom is 0.264 e. The predicted octanol–water partition coefficient (Wildman–Crippen LogP) is 6.54. The molecule has 4 aromatic carbocycles. The molecule has 9 heteroatoms. The van der Waals surface area contributed by atoms with E-state index >= 15 is 0 Å². The quantitative estimate of drug-likeness (QED) is 0.190. The van der Waals surface area contributed by atoms with Crippen LogP contribution in [0.15, 0.2) is 114 Å². The maximum absolute atomic E-state index is 14.6. The van der Waals surface area contributed by atoms with Crippen LogP contribution in [0.2, 0.25) is 5.02 Å². The van der Waals surface area contributed by atoms with Gasteiger partial charge in [0.1, 0.15) is 12.6 Å². The van der Waals surface area contributed by atoms with Gasteiger partial charge in [0.05, 0.1) is 10.6 Å². The number of carbonyl (C=O) groups is 2. The van der Waals surface area contributed by atoms with Crippen molar-refractivity contribution in [1.82, 2.24) is 10.2 Å². The van der Waals surface area contributed by atoms with Gasteiger partial charge in [0.2, 0.25) is 11.8 Å². The zero-order valence-electron chi connectivity index (χ0n) is 25.3. The summed E-state index contributed by atoms with van der Waals surface area (Å²) >= 11 is 6.33. The monoisotopic (exact) mass is 643 g/mol. The molecule has 4 aromatic rings. The molecule has 1 aliphatic rings. The van der Waals surface area contributed by atoms with Gasteiger partial charge < -0.3 is 10.2 Å². The van der Waals surface area contributed by atoms with Crippen molar-refractivity contribution >= 4 is 39.1 Å². The molecule has 234 valence electrons. The number of aryl methyl sites for hydroxylation is 1. The molecule has 1 saturated carbocycles. The van der Waals surface area contributed by atoms with Crippen molar-refractivity contribution in [3.05, 3.63) is 131 Å². The van der Waals surface area contributed by atoms with Crippen molar-refractivity contribution in [3.63, 3.8) is 0 Å². The number of halogens is 1. The van der Waals surface area contributed by atoms with Crippen LogP contribution in [-0.4, -0.2) is 43.8 Å². The first kappa shape index (κ1) is 32.3. The molecule has 1 atom stereocenters. The van der Waals surface area contributed by atoms with Crippen LogP contribution in [0, 0.1) is 6.92 Å². The fraction of sp³-hybridized carbons (Fsp3) is 0.278. The number of nitrogens with one attached hydrogen (secondary N) is 1. The van der Waals surface area contributed by atoms with E-state index in [1.54, 1.807) is 48.5 Å². The Kier molecular flexibility index (Phi) is 10.6. The second kappa shape index (κ2) is 14.8. The average Bonchev–Trinajstić information content (AvgIpc) is 3.56. The normalized spacial score (nSPS) is 14.1. The van der Waals surface area contributed by atoms with Crippen LogP contribution in [0.3, 0.4) is 0 Å². The van der Waals surface area contributed by atoms with Crippen LogP contribution in [-0.2, 0) is 32.6 Å². The Labute approximate surface area is 270 Å². The molecule has 0 bridgehead atoms. The standard InChI is InChI=1S/C36H38ClN3O4S/c1-27-13-8-11-22-33(27)40(45(43,44)32-20-6-3-7-21-32)26-35(41)39(25-29-16-12-17-30(37)23-29)34(24-28-14-4-2-5-15-28)36(42)38-31-18-9-10-19-31/h2-8,11-17,20-23,31,34H,9-10,18-19,24-26H2,1H3,(H,38,42). The summed E-state index contributed by atoms with van der Waals surface area (Å²) in [6, 6.07) is 31.0. The van der Waals surface area contributed by atoms with E-state index in [1.165, 1.54) is 17.0 Å². The number of hydrogen-bond donors (Lipinski definition) is 1. The molecule has 0 aromatic heterocycles. The minimum absolute atomic E-state index is 0.0424. The van der Waals surface area contributed by atoms with Crippen molar-refractivity contribution in [2.45, 2.75) is 62.6 Å². The molecule has 2 amide bonds. The van der Waals surface area contributed by atoms with Gasteiger partial charge >= 0.3 is 0 Å². The molecule has 0 spiro atoms. The van der Waals surface area contributed by atoms with Crippen LogP contribution in [0.4, 0.5) is 5.69 Å². The van der Waals surface area contributed by atoms with Crippen LogP contribution in [0.1, 0.15) is 42.4 Å². The fourth-order valence-corrected chi connectivity index (χ4v) is 7.54. The van der Waals surface area contributed by atoms with E-state index in [0.29, 0.717) is 16.3 Å². The van der Waals surface area contributed by atoms with Gasteiger partial charge in [-0.1, -0.05) is 103 Å². The average molecular weight is 644 g/mol.